The van der Waals surface area contributed by atoms with Crippen LogP contribution in [0.1, 0.15) is 19.3 Å². The summed E-state index contributed by atoms with van der Waals surface area (Å²) in [5.41, 5.74) is 5.99. The van der Waals surface area contributed by atoms with Crippen LogP contribution in [-0.4, -0.2) is 18.1 Å². The molecule has 2 heteroatoms. The summed E-state index contributed by atoms with van der Waals surface area (Å²) >= 11 is 0. The van der Waals surface area contributed by atoms with E-state index >= 15 is 0 Å². The Hall–Kier alpha value is -2.84. The highest BCUT2D eigenvalue weighted by molar-refractivity contribution is 5.61. The van der Waals surface area contributed by atoms with Crippen LogP contribution in [0, 0.1) is 23.7 Å². The van der Waals surface area contributed by atoms with Gasteiger partial charge in [-0.25, -0.2) is 0 Å². The molecule has 160 valence electrons. The smallest absolute Gasteiger partial charge is 0.0591 e. The molecule has 0 amide bonds. The number of anilines is 1. The number of allylic oxidation sites excluding steroid dienone is 9. The van der Waals surface area contributed by atoms with E-state index in [1.165, 1.54) is 24.2 Å². The molecule has 7 rings (SSSR count). The maximum Gasteiger partial charge on any atom is 0.0591 e. The van der Waals surface area contributed by atoms with E-state index in [0.29, 0.717) is 41.8 Å². The van der Waals surface area contributed by atoms with Gasteiger partial charge in [0.15, 0.2) is 0 Å². The van der Waals surface area contributed by atoms with Crippen LogP contribution in [-0.2, 0) is 0 Å². The van der Waals surface area contributed by atoms with Gasteiger partial charge in [-0.1, -0.05) is 79.0 Å². The molecule has 32 heavy (non-hydrogen) atoms. The molecule has 7 unspecified atom stereocenters. The minimum Gasteiger partial charge on any atom is -0.337 e. The molecule has 1 aromatic carbocycles. The largest absolute Gasteiger partial charge is 0.337 e. The van der Waals surface area contributed by atoms with Gasteiger partial charge in [0.2, 0.25) is 0 Å². The Morgan fingerprint density at radius 2 is 1.59 bits per heavy atom. The Labute approximate surface area is 191 Å². The van der Waals surface area contributed by atoms with Gasteiger partial charge in [-0.05, 0) is 48.6 Å². The minimum absolute atomic E-state index is 0.426. The van der Waals surface area contributed by atoms with Crippen molar-refractivity contribution >= 4 is 5.69 Å². The van der Waals surface area contributed by atoms with Gasteiger partial charge in [-0.2, -0.15) is 0 Å². The third kappa shape index (κ3) is 2.82. The summed E-state index contributed by atoms with van der Waals surface area (Å²) in [4.78, 5) is 2.58. The van der Waals surface area contributed by atoms with Gasteiger partial charge in [0.1, 0.15) is 0 Å². The van der Waals surface area contributed by atoms with E-state index in [2.05, 4.69) is 107 Å². The average molecular weight is 419 g/mol. The topological polar surface area (TPSA) is 15.3 Å². The molecule has 0 saturated carbocycles. The minimum atomic E-state index is 0.426. The molecular formula is C30H30N2. The fourth-order valence-corrected chi connectivity index (χ4v) is 7.06. The zero-order valence-corrected chi connectivity index (χ0v) is 18.3. The molecule has 2 aliphatic heterocycles. The number of nitrogens with zero attached hydrogens (tertiary/aromatic N) is 1. The molecular weight excluding hydrogens is 388 g/mol. The van der Waals surface area contributed by atoms with Crippen molar-refractivity contribution in [3.05, 3.63) is 114 Å². The van der Waals surface area contributed by atoms with Crippen LogP contribution < -0.4 is 10.2 Å². The maximum absolute atomic E-state index is 3.88. The lowest BCUT2D eigenvalue weighted by atomic mass is 9.74. The van der Waals surface area contributed by atoms with Gasteiger partial charge in [0.25, 0.3) is 0 Å². The average Bonchev–Trinajstić information content (AvgIpc) is 3.39. The van der Waals surface area contributed by atoms with E-state index in [1.54, 1.807) is 11.1 Å². The van der Waals surface area contributed by atoms with E-state index in [1.807, 2.05) is 0 Å². The lowest BCUT2D eigenvalue weighted by Gasteiger charge is -2.31. The summed E-state index contributed by atoms with van der Waals surface area (Å²) in [5.74, 6) is 2.36. The Morgan fingerprint density at radius 1 is 0.781 bits per heavy atom. The Bertz CT molecular complexity index is 1130. The molecule has 2 heterocycles. The Morgan fingerprint density at radius 3 is 2.50 bits per heavy atom. The van der Waals surface area contributed by atoms with Crippen molar-refractivity contribution in [2.75, 3.05) is 4.90 Å². The van der Waals surface area contributed by atoms with E-state index in [9.17, 15) is 0 Å². The fraction of sp³-hybridized carbons (Fsp3) is 0.333. The normalized spacial score (nSPS) is 38.4. The number of hydrogen-bond acceptors (Lipinski definition) is 2. The highest BCUT2D eigenvalue weighted by Gasteiger charge is 2.46. The number of rotatable bonds is 2. The predicted molar refractivity (Wildman–Crippen MR) is 132 cm³/mol. The van der Waals surface area contributed by atoms with Crippen molar-refractivity contribution in [2.45, 2.75) is 37.4 Å². The van der Waals surface area contributed by atoms with E-state index in [4.69, 9.17) is 0 Å². The SMILES string of the molecule is C1=CC2NC3CCC(C4=CC=C5C(C4)C4C=CC=CC4N5c4ccccc4)=CC3C2C=C1. The third-order valence-corrected chi connectivity index (χ3v) is 8.52. The number of benzene rings is 1. The van der Waals surface area contributed by atoms with Crippen LogP contribution in [0.4, 0.5) is 5.69 Å². The molecule has 0 aromatic heterocycles. The molecule has 1 aromatic rings. The zero-order chi connectivity index (χ0) is 21.1. The number of fused-ring (bicyclic) bond motifs is 6. The lowest BCUT2D eigenvalue weighted by molar-refractivity contribution is 0.431. The summed E-state index contributed by atoms with van der Waals surface area (Å²) in [5, 5.41) is 3.88. The van der Waals surface area contributed by atoms with Gasteiger partial charge in [-0.15, -0.1) is 0 Å². The van der Waals surface area contributed by atoms with Gasteiger partial charge in [-0.3, -0.25) is 0 Å². The molecule has 0 spiro atoms. The molecule has 4 aliphatic carbocycles. The molecule has 0 bridgehead atoms. The molecule has 2 saturated heterocycles. The molecule has 2 fully saturated rings. The highest BCUT2D eigenvalue weighted by atomic mass is 15.2. The van der Waals surface area contributed by atoms with E-state index in [0.717, 1.165) is 6.42 Å². The number of hydrogen-bond donors (Lipinski definition) is 1. The van der Waals surface area contributed by atoms with Crippen LogP contribution in [0.3, 0.4) is 0 Å². The molecule has 0 radical (unpaired) electrons. The van der Waals surface area contributed by atoms with Crippen molar-refractivity contribution in [3.63, 3.8) is 0 Å². The lowest BCUT2D eigenvalue weighted by Crippen LogP contribution is -2.32. The Balaban J connectivity index is 1.23. The van der Waals surface area contributed by atoms with Crippen LogP contribution in [0.5, 0.6) is 0 Å². The highest BCUT2D eigenvalue weighted by Crippen LogP contribution is 2.50. The first-order valence-corrected chi connectivity index (χ1v) is 12.3. The first-order chi connectivity index (χ1) is 15.9. The van der Waals surface area contributed by atoms with E-state index < -0.39 is 0 Å². The van der Waals surface area contributed by atoms with Crippen LogP contribution in [0.2, 0.25) is 0 Å². The van der Waals surface area contributed by atoms with Gasteiger partial charge in [0.05, 0.1) is 6.04 Å². The van der Waals surface area contributed by atoms with Crippen LogP contribution >= 0.6 is 0 Å². The molecule has 1 N–H and O–H groups in total. The predicted octanol–water partition coefficient (Wildman–Crippen LogP) is 5.87. The Kier molecular flexibility index (Phi) is 4.30. The standard InChI is InChI=1S/C30H30N2/c1-2-8-22(9-3-1)32-29-13-7-5-11-24(29)26-19-21(15-17-30(26)32)20-14-16-28-25(18-20)23-10-4-6-12-27(23)31-28/h1-13,15,17-18,23-29,31H,14,16,19H2. The second-order valence-corrected chi connectivity index (χ2v) is 10.1. The van der Waals surface area contributed by atoms with Crippen molar-refractivity contribution in [1.29, 1.82) is 0 Å². The van der Waals surface area contributed by atoms with Crippen LogP contribution in [0.15, 0.2) is 114 Å². The van der Waals surface area contributed by atoms with Gasteiger partial charge in [0, 0.05) is 47.1 Å². The molecule has 2 nitrogen and oxygen atoms in total. The summed E-state index contributed by atoms with van der Waals surface area (Å²) < 4.78 is 0. The second kappa shape index (κ2) is 7.35. The van der Waals surface area contributed by atoms with Crippen LogP contribution in [0.25, 0.3) is 0 Å². The monoisotopic (exact) mass is 418 g/mol. The summed E-state index contributed by atoms with van der Waals surface area (Å²) in [7, 11) is 0. The first-order valence-electron chi connectivity index (χ1n) is 12.3. The third-order valence-electron chi connectivity index (χ3n) is 8.52. The quantitative estimate of drug-likeness (QED) is 0.646. The van der Waals surface area contributed by atoms with Gasteiger partial charge >= 0.3 is 0 Å². The van der Waals surface area contributed by atoms with Crippen molar-refractivity contribution in [1.82, 2.24) is 5.32 Å². The summed E-state index contributed by atoms with van der Waals surface area (Å²) in [6.07, 6.45) is 29.7. The summed E-state index contributed by atoms with van der Waals surface area (Å²) in [6.45, 7) is 0. The molecule has 7 atom stereocenters. The molecule has 6 aliphatic rings. The first kappa shape index (κ1) is 18.7. The number of nitrogens with one attached hydrogen (secondary N) is 1. The number of para-hydroxylation sites is 1. The fourth-order valence-electron chi connectivity index (χ4n) is 7.06. The van der Waals surface area contributed by atoms with Gasteiger partial charge < -0.3 is 10.2 Å². The maximum atomic E-state index is 3.88. The van der Waals surface area contributed by atoms with Crippen molar-refractivity contribution in [2.24, 2.45) is 23.7 Å². The van der Waals surface area contributed by atoms with Crippen molar-refractivity contribution in [3.8, 4) is 0 Å². The second-order valence-electron chi connectivity index (χ2n) is 10.1. The zero-order valence-electron chi connectivity index (χ0n) is 18.3. The van der Waals surface area contributed by atoms with Crippen molar-refractivity contribution < 1.29 is 0 Å². The van der Waals surface area contributed by atoms with E-state index in [-0.39, 0.29) is 0 Å². The summed E-state index contributed by atoms with van der Waals surface area (Å²) in [6, 6.07) is 12.5.